The lowest BCUT2D eigenvalue weighted by Crippen LogP contribution is -2.55. The van der Waals surface area contributed by atoms with Crippen molar-refractivity contribution >= 4 is 39.3 Å². The maximum atomic E-state index is 13.0. The van der Waals surface area contributed by atoms with Gasteiger partial charge in [0.1, 0.15) is 5.60 Å². The van der Waals surface area contributed by atoms with Crippen LogP contribution in [0.2, 0.25) is 0 Å². The zero-order valence-electron chi connectivity index (χ0n) is 14.1. The summed E-state index contributed by atoms with van der Waals surface area (Å²) in [5.41, 5.74) is -0.569. The van der Waals surface area contributed by atoms with Gasteiger partial charge in [0.2, 0.25) is 0 Å². The third-order valence-corrected chi connectivity index (χ3v) is 3.94. The van der Waals surface area contributed by atoms with Crippen molar-refractivity contribution in [3.05, 3.63) is 22.7 Å². The van der Waals surface area contributed by atoms with Gasteiger partial charge >= 0.3 is 18.2 Å². The average molecular weight is 423 g/mol. The molecule has 25 heavy (non-hydrogen) atoms. The van der Waals surface area contributed by atoms with Gasteiger partial charge in [-0.25, -0.2) is 4.79 Å². The molecular formula is C16H18BrF3N2O3. The molecule has 1 aromatic rings. The van der Waals surface area contributed by atoms with E-state index >= 15 is 0 Å². The van der Waals surface area contributed by atoms with E-state index in [9.17, 15) is 22.8 Å². The van der Waals surface area contributed by atoms with E-state index in [0.29, 0.717) is 9.37 Å². The summed E-state index contributed by atoms with van der Waals surface area (Å²) in [5.74, 6) is -1.97. The van der Waals surface area contributed by atoms with Crippen LogP contribution >= 0.6 is 15.9 Å². The fourth-order valence-electron chi connectivity index (χ4n) is 2.53. The van der Waals surface area contributed by atoms with Gasteiger partial charge in [0.15, 0.2) is 0 Å². The van der Waals surface area contributed by atoms with Crippen LogP contribution in [0.1, 0.15) is 27.7 Å². The predicted molar refractivity (Wildman–Crippen MR) is 90.7 cm³/mol. The lowest BCUT2D eigenvalue weighted by atomic mass is 10.1. The second-order valence-corrected chi connectivity index (χ2v) is 7.66. The lowest BCUT2D eigenvalue weighted by Gasteiger charge is -2.41. The molecule has 1 atom stereocenters. The topological polar surface area (TPSA) is 49.9 Å². The van der Waals surface area contributed by atoms with Crippen LogP contribution < -0.4 is 9.80 Å². The number of fused-ring (bicyclic) bond motifs is 1. The minimum Gasteiger partial charge on any atom is -0.443 e. The van der Waals surface area contributed by atoms with Crippen LogP contribution in [0.3, 0.4) is 0 Å². The maximum Gasteiger partial charge on any atom is 0.471 e. The lowest BCUT2D eigenvalue weighted by molar-refractivity contribution is -0.170. The van der Waals surface area contributed by atoms with E-state index in [0.717, 1.165) is 0 Å². The molecule has 1 aliphatic heterocycles. The Morgan fingerprint density at radius 1 is 1.20 bits per heavy atom. The van der Waals surface area contributed by atoms with Crippen LogP contribution in [0.25, 0.3) is 0 Å². The standard InChI is InChI=1S/C16H18BrF3N2O3/c1-9-8-21(14(24)25-15(2,3)4)12-7-10(17)5-6-11(12)22(9)13(23)16(18,19)20/h5-7,9H,8H2,1-4H3/t9-/m0/s1. The van der Waals surface area contributed by atoms with Gasteiger partial charge in [-0.15, -0.1) is 0 Å². The second kappa shape index (κ2) is 6.51. The summed E-state index contributed by atoms with van der Waals surface area (Å²) in [4.78, 5) is 26.2. The molecule has 138 valence electrons. The van der Waals surface area contributed by atoms with Gasteiger partial charge in [-0.2, -0.15) is 13.2 Å². The first-order valence-corrected chi connectivity index (χ1v) is 8.31. The number of halogens is 4. The largest absolute Gasteiger partial charge is 0.471 e. The number of rotatable bonds is 0. The van der Waals surface area contributed by atoms with Gasteiger partial charge in [0.25, 0.3) is 0 Å². The Kier molecular flexibility index (Phi) is 5.09. The Bertz CT molecular complexity index is 701. The molecule has 0 bridgehead atoms. The van der Waals surface area contributed by atoms with Crippen molar-refractivity contribution in [2.45, 2.75) is 45.5 Å². The van der Waals surface area contributed by atoms with Gasteiger partial charge in [-0.05, 0) is 45.9 Å². The van der Waals surface area contributed by atoms with E-state index in [-0.39, 0.29) is 17.9 Å². The van der Waals surface area contributed by atoms with Crippen LogP contribution in [0.5, 0.6) is 0 Å². The van der Waals surface area contributed by atoms with E-state index in [1.807, 2.05) is 0 Å². The zero-order valence-corrected chi connectivity index (χ0v) is 15.7. The Balaban J connectivity index is 2.50. The number of hydrogen-bond acceptors (Lipinski definition) is 3. The number of ether oxygens (including phenoxy) is 1. The third-order valence-electron chi connectivity index (χ3n) is 3.45. The molecule has 1 aromatic carbocycles. The van der Waals surface area contributed by atoms with E-state index < -0.39 is 29.8 Å². The van der Waals surface area contributed by atoms with Gasteiger partial charge in [-0.1, -0.05) is 15.9 Å². The molecule has 1 aliphatic rings. The normalized spacial score (nSPS) is 18.0. The maximum absolute atomic E-state index is 13.0. The summed E-state index contributed by atoms with van der Waals surface area (Å²) in [5, 5.41) is 0. The van der Waals surface area contributed by atoms with Gasteiger partial charge < -0.3 is 4.74 Å². The number of carbonyl (C=O) groups is 2. The molecule has 1 heterocycles. The fraction of sp³-hybridized carbons (Fsp3) is 0.500. The molecule has 5 nitrogen and oxygen atoms in total. The minimum absolute atomic E-state index is 0.00938. The van der Waals surface area contributed by atoms with Gasteiger partial charge in [-0.3, -0.25) is 14.6 Å². The first-order chi connectivity index (χ1) is 11.3. The van der Waals surface area contributed by atoms with E-state index in [1.54, 1.807) is 20.8 Å². The number of anilines is 2. The van der Waals surface area contributed by atoms with Crippen molar-refractivity contribution in [3.8, 4) is 0 Å². The highest BCUT2D eigenvalue weighted by Gasteiger charge is 2.47. The van der Waals surface area contributed by atoms with E-state index in [2.05, 4.69) is 15.9 Å². The van der Waals surface area contributed by atoms with Crippen molar-refractivity contribution in [2.75, 3.05) is 16.3 Å². The number of amides is 2. The predicted octanol–water partition coefficient (Wildman–Crippen LogP) is 4.49. The molecule has 0 fully saturated rings. The molecule has 2 rings (SSSR count). The number of benzene rings is 1. The Labute approximate surface area is 151 Å². The Morgan fingerprint density at radius 2 is 1.80 bits per heavy atom. The molecular weight excluding hydrogens is 405 g/mol. The van der Waals surface area contributed by atoms with Gasteiger partial charge in [0.05, 0.1) is 17.4 Å². The van der Waals surface area contributed by atoms with Crippen molar-refractivity contribution in [2.24, 2.45) is 0 Å². The molecule has 0 spiro atoms. The molecule has 0 aromatic heterocycles. The summed E-state index contributed by atoms with van der Waals surface area (Å²) < 4.78 is 44.8. The SMILES string of the molecule is C[C@H]1CN(C(=O)OC(C)(C)C)c2cc(Br)ccc2N1C(=O)C(F)(F)F. The van der Waals surface area contributed by atoms with Crippen molar-refractivity contribution < 1.29 is 27.5 Å². The van der Waals surface area contributed by atoms with Gasteiger partial charge in [0, 0.05) is 11.0 Å². The second-order valence-electron chi connectivity index (χ2n) is 6.75. The first-order valence-electron chi connectivity index (χ1n) is 7.51. The molecule has 0 aliphatic carbocycles. The molecule has 2 amide bonds. The third kappa shape index (κ3) is 4.26. The highest BCUT2D eigenvalue weighted by molar-refractivity contribution is 9.10. The van der Waals surface area contributed by atoms with Crippen molar-refractivity contribution in [1.29, 1.82) is 0 Å². The summed E-state index contributed by atoms with van der Waals surface area (Å²) in [6.07, 6.45) is -5.69. The highest BCUT2D eigenvalue weighted by Crippen LogP contribution is 2.40. The summed E-state index contributed by atoms with van der Waals surface area (Å²) >= 11 is 3.24. The monoisotopic (exact) mass is 422 g/mol. The smallest absolute Gasteiger partial charge is 0.443 e. The van der Waals surface area contributed by atoms with Crippen LogP contribution in [0.4, 0.5) is 29.3 Å². The fourth-order valence-corrected chi connectivity index (χ4v) is 2.88. The van der Waals surface area contributed by atoms with Crippen LogP contribution in [0.15, 0.2) is 22.7 Å². The van der Waals surface area contributed by atoms with E-state index in [4.69, 9.17) is 4.74 Å². The Morgan fingerprint density at radius 3 is 2.32 bits per heavy atom. The zero-order chi connectivity index (χ0) is 19.2. The molecule has 0 saturated heterocycles. The average Bonchev–Trinajstić information content (AvgIpc) is 2.43. The Hall–Kier alpha value is -1.77. The summed E-state index contributed by atoms with van der Waals surface area (Å²) in [6.45, 7) is 6.42. The van der Waals surface area contributed by atoms with E-state index in [1.165, 1.54) is 30.0 Å². The summed E-state index contributed by atoms with van der Waals surface area (Å²) in [6, 6.07) is 3.51. The van der Waals surface area contributed by atoms with Crippen LogP contribution in [-0.2, 0) is 9.53 Å². The molecule has 0 radical (unpaired) electrons. The highest BCUT2D eigenvalue weighted by atomic mass is 79.9. The molecule has 0 N–H and O–H groups in total. The van der Waals surface area contributed by atoms with Crippen LogP contribution in [-0.4, -0.2) is 36.4 Å². The van der Waals surface area contributed by atoms with Crippen molar-refractivity contribution in [3.63, 3.8) is 0 Å². The van der Waals surface area contributed by atoms with Crippen molar-refractivity contribution in [1.82, 2.24) is 0 Å². The number of carbonyl (C=O) groups excluding carboxylic acids is 2. The number of nitrogens with zero attached hydrogens (tertiary/aromatic N) is 2. The first kappa shape index (κ1) is 19.6. The quantitative estimate of drug-likeness (QED) is 0.618. The molecule has 0 unspecified atom stereocenters. The summed E-state index contributed by atoms with van der Waals surface area (Å²) in [7, 11) is 0. The number of hydrogen-bond donors (Lipinski definition) is 0. The number of alkyl halides is 3. The molecule has 9 heteroatoms. The molecule has 0 saturated carbocycles. The van der Waals surface area contributed by atoms with Crippen LogP contribution in [0, 0.1) is 0 Å². The minimum atomic E-state index is -5.01.